The zero-order valence-electron chi connectivity index (χ0n) is 9.43. The second-order valence-electron chi connectivity index (χ2n) is 3.83. The van der Waals surface area contributed by atoms with Crippen LogP contribution in [0.1, 0.15) is 17.0 Å². The largest absolute Gasteiger partial charge is 0.348 e. The summed E-state index contributed by atoms with van der Waals surface area (Å²) in [4.78, 5) is 7.19. The van der Waals surface area contributed by atoms with Crippen LogP contribution in [-0.4, -0.2) is 9.97 Å². The van der Waals surface area contributed by atoms with Gasteiger partial charge in [-0.25, -0.2) is 9.37 Å². The lowest BCUT2D eigenvalue weighted by molar-refractivity contribution is 0.625. The minimum atomic E-state index is -0.390. The molecule has 0 saturated carbocycles. The van der Waals surface area contributed by atoms with Gasteiger partial charge in [-0.2, -0.15) is 0 Å². The summed E-state index contributed by atoms with van der Waals surface area (Å²) in [6, 6.07) is 4.71. The van der Waals surface area contributed by atoms with Gasteiger partial charge in [-0.1, -0.05) is 17.7 Å². The third-order valence-electron chi connectivity index (χ3n) is 2.54. The Balaban J connectivity index is 1.90. The van der Waals surface area contributed by atoms with Crippen molar-refractivity contribution in [2.75, 3.05) is 0 Å². The number of nitrogens with zero attached hydrogens (tertiary/aromatic N) is 1. The van der Waals surface area contributed by atoms with E-state index in [4.69, 9.17) is 11.6 Å². The average Bonchev–Trinajstić information content (AvgIpc) is 2.70. The number of rotatable bonds is 4. The lowest BCUT2D eigenvalue weighted by Gasteiger charge is -2.04. The van der Waals surface area contributed by atoms with Crippen molar-refractivity contribution in [2.45, 2.75) is 20.0 Å². The Morgan fingerprint density at radius 1 is 1.41 bits per heavy atom. The van der Waals surface area contributed by atoms with Crippen molar-refractivity contribution in [3.63, 3.8) is 0 Å². The summed E-state index contributed by atoms with van der Waals surface area (Å²) >= 11 is 5.70. The molecule has 0 bridgehead atoms. The molecule has 0 spiro atoms. The second-order valence-corrected chi connectivity index (χ2v) is 4.23. The minimum Gasteiger partial charge on any atom is -0.348 e. The maximum absolute atomic E-state index is 12.9. The molecule has 0 fully saturated rings. The number of nitrogens with one attached hydrogen (secondary N) is 2. The Morgan fingerprint density at radius 2 is 2.24 bits per heavy atom. The summed E-state index contributed by atoms with van der Waals surface area (Å²) < 4.78 is 12.9. The highest BCUT2D eigenvalue weighted by molar-refractivity contribution is 6.30. The van der Waals surface area contributed by atoms with E-state index in [1.807, 2.05) is 6.92 Å². The van der Waals surface area contributed by atoms with Gasteiger partial charge in [-0.3, -0.25) is 0 Å². The fourth-order valence-electron chi connectivity index (χ4n) is 1.54. The Morgan fingerprint density at radius 3 is 2.88 bits per heavy atom. The first kappa shape index (κ1) is 12.1. The Kier molecular flexibility index (Phi) is 3.76. The molecule has 0 amide bonds. The predicted octanol–water partition coefficient (Wildman–Crippen LogP) is 2.80. The van der Waals surface area contributed by atoms with Gasteiger partial charge in [0.1, 0.15) is 5.82 Å². The van der Waals surface area contributed by atoms with Gasteiger partial charge >= 0.3 is 0 Å². The second kappa shape index (κ2) is 5.29. The van der Waals surface area contributed by atoms with E-state index in [-0.39, 0.29) is 5.02 Å². The third-order valence-corrected chi connectivity index (χ3v) is 2.83. The topological polar surface area (TPSA) is 40.7 Å². The molecule has 0 aliphatic heterocycles. The van der Waals surface area contributed by atoms with E-state index < -0.39 is 5.82 Å². The van der Waals surface area contributed by atoms with Gasteiger partial charge in [0.25, 0.3) is 0 Å². The van der Waals surface area contributed by atoms with Crippen LogP contribution in [0.15, 0.2) is 24.5 Å². The molecular formula is C12H13ClFN3. The van der Waals surface area contributed by atoms with E-state index in [1.165, 1.54) is 6.07 Å². The lowest BCUT2D eigenvalue weighted by atomic mass is 10.2. The van der Waals surface area contributed by atoms with E-state index in [2.05, 4.69) is 15.3 Å². The molecule has 1 heterocycles. The van der Waals surface area contributed by atoms with Crippen LogP contribution < -0.4 is 5.32 Å². The number of imidazole rings is 1. The molecule has 0 saturated heterocycles. The van der Waals surface area contributed by atoms with Gasteiger partial charge in [0, 0.05) is 18.8 Å². The number of H-pyrrole nitrogens is 1. The standard InChI is InChI=1S/C12H13ClFN3/c1-8-12(17-7-16-8)6-15-5-9-2-3-11(14)10(13)4-9/h2-4,7,15H,5-6H2,1H3,(H,16,17). The molecule has 0 aliphatic rings. The highest BCUT2D eigenvalue weighted by Gasteiger charge is 2.02. The summed E-state index contributed by atoms with van der Waals surface area (Å²) in [5, 5.41) is 3.38. The number of halogens is 2. The average molecular weight is 254 g/mol. The molecular weight excluding hydrogens is 241 g/mol. The zero-order chi connectivity index (χ0) is 12.3. The van der Waals surface area contributed by atoms with Gasteiger partial charge in [-0.05, 0) is 24.6 Å². The van der Waals surface area contributed by atoms with E-state index in [1.54, 1.807) is 18.5 Å². The highest BCUT2D eigenvalue weighted by Crippen LogP contribution is 2.15. The van der Waals surface area contributed by atoms with Crippen LogP contribution in [0.25, 0.3) is 0 Å². The van der Waals surface area contributed by atoms with Gasteiger partial charge in [0.15, 0.2) is 0 Å². The minimum absolute atomic E-state index is 0.153. The van der Waals surface area contributed by atoms with Crippen LogP contribution in [0.2, 0.25) is 5.02 Å². The number of hydrogen-bond donors (Lipinski definition) is 2. The molecule has 0 atom stereocenters. The maximum atomic E-state index is 12.9. The van der Waals surface area contributed by atoms with Gasteiger partial charge in [-0.15, -0.1) is 0 Å². The number of aryl methyl sites for hydroxylation is 1. The first-order valence-corrected chi connectivity index (χ1v) is 5.68. The SMILES string of the molecule is Cc1[nH]cnc1CNCc1ccc(F)c(Cl)c1. The molecule has 2 aromatic rings. The third kappa shape index (κ3) is 3.05. The first-order valence-electron chi connectivity index (χ1n) is 5.30. The lowest BCUT2D eigenvalue weighted by Crippen LogP contribution is -2.13. The van der Waals surface area contributed by atoms with Crippen LogP contribution in [0.4, 0.5) is 4.39 Å². The number of aromatic nitrogens is 2. The van der Waals surface area contributed by atoms with Crippen molar-refractivity contribution >= 4 is 11.6 Å². The fraction of sp³-hybridized carbons (Fsp3) is 0.250. The van der Waals surface area contributed by atoms with Crippen LogP contribution in [0.3, 0.4) is 0 Å². The van der Waals surface area contributed by atoms with E-state index >= 15 is 0 Å². The predicted molar refractivity (Wildman–Crippen MR) is 65.3 cm³/mol. The Labute approximate surface area is 104 Å². The van der Waals surface area contributed by atoms with Crippen LogP contribution >= 0.6 is 11.6 Å². The van der Waals surface area contributed by atoms with Crippen LogP contribution in [0, 0.1) is 12.7 Å². The molecule has 3 nitrogen and oxygen atoms in total. The Hall–Kier alpha value is -1.39. The maximum Gasteiger partial charge on any atom is 0.141 e. The summed E-state index contributed by atoms with van der Waals surface area (Å²) in [6.07, 6.45) is 1.67. The van der Waals surface area contributed by atoms with Gasteiger partial charge in [0.05, 0.1) is 17.0 Å². The van der Waals surface area contributed by atoms with Crippen molar-refractivity contribution in [2.24, 2.45) is 0 Å². The fourth-order valence-corrected chi connectivity index (χ4v) is 1.74. The smallest absolute Gasteiger partial charge is 0.141 e. The quantitative estimate of drug-likeness (QED) is 0.880. The van der Waals surface area contributed by atoms with Crippen molar-refractivity contribution in [1.29, 1.82) is 0 Å². The van der Waals surface area contributed by atoms with Gasteiger partial charge < -0.3 is 10.3 Å². The molecule has 17 heavy (non-hydrogen) atoms. The van der Waals surface area contributed by atoms with Crippen molar-refractivity contribution in [3.8, 4) is 0 Å². The normalized spacial score (nSPS) is 10.8. The number of hydrogen-bond acceptors (Lipinski definition) is 2. The number of aromatic amines is 1. The summed E-state index contributed by atoms with van der Waals surface area (Å²) in [5.41, 5.74) is 2.98. The Bertz CT molecular complexity index is 510. The van der Waals surface area contributed by atoms with E-state index in [0.717, 1.165) is 17.0 Å². The summed E-state index contributed by atoms with van der Waals surface area (Å²) in [6.45, 7) is 3.27. The molecule has 90 valence electrons. The zero-order valence-corrected chi connectivity index (χ0v) is 10.2. The van der Waals surface area contributed by atoms with Crippen molar-refractivity contribution < 1.29 is 4.39 Å². The van der Waals surface area contributed by atoms with E-state index in [9.17, 15) is 4.39 Å². The molecule has 1 aromatic heterocycles. The molecule has 2 rings (SSSR count). The van der Waals surface area contributed by atoms with Crippen molar-refractivity contribution in [1.82, 2.24) is 15.3 Å². The van der Waals surface area contributed by atoms with Crippen LogP contribution in [-0.2, 0) is 13.1 Å². The molecule has 0 unspecified atom stereocenters. The summed E-state index contributed by atoms with van der Waals surface area (Å²) in [5.74, 6) is -0.390. The highest BCUT2D eigenvalue weighted by atomic mass is 35.5. The molecule has 0 aliphatic carbocycles. The van der Waals surface area contributed by atoms with Crippen molar-refractivity contribution in [3.05, 3.63) is 52.3 Å². The van der Waals surface area contributed by atoms with E-state index in [0.29, 0.717) is 13.1 Å². The molecule has 1 aromatic carbocycles. The summed E-state index contributed by atoms with van der Waals surface area (Å²) in [7, 11) is 0. The monoisotopic (exact) mass is 253 g/mol. The first-order chi connectivity index (χ1) is 8.16. The van der Waals surface area contributed by atoms with Gasteiger partial charge in [0.2, 0.25) is 0 Å². The molecule has 2 N–H and O–H groups in total. The molecule has 0 radical (unpaired) electrons. The number of benzene rings is 1. The van der Waals surface area contributed by atoms with Crippen LogP contribution in [0.5, 0.6) is 0 Å². The molecule has 5 heteroatoms.